The third-order valence-corrected chi connectivity index (χ3v) is 12.3. The largest absolute Gasteiger partial charge is 0.457 e. The monoisotopic (exact) mass is 648 g/mol. The van der Waals surface area contributed by atoms with Crippen molar-refractivity contribution in [1.82, 2.24) is 0 Å². The molecule has 1 saturated heterocycles. The molecule has 0 aromatic heterocycles. The van der Waals surface area contributed by atoms with Crippen molar-refractivity contribution in [2.75, 3.05) is 13.2 Å². The summed E-state index contributed by atoms with van der Waals surface area (Å²) < 4.78 is 23.1. The Morgan fingerprint density at radius 3 is 1.74 bits per heavy atom. The Bertz CT molecular complexity index is 1090. The number of rotatable bonds is 12. The molecule has 46 heavy (non-hydrogen) atoms. The lowest BCUT2D eigenvalue weighted by Crippen LogP contribution is -2.61. The first-order valence-corrected chi connectivity index (χ1v) is 17.5. The molecule has 5 N–H and O–H groups in total. The topological polar surface area (TPSA) is 180 Å². The Balaban J connectivity index is 1.10. The number of esters is 1. The minimum atomic E-state index is -1.61. The molecule has 0 aromatic rings. The summed E-state index contributed by atoms with van der Waals surface area (Å²) in [5, 5.41) is 53.1. The van der Waals surface area contributed by atoms with E-state index in [9.17, 15) is 30.3 Å². The number of hydrogen-bond donors (Lipinski definition) is 5. The molecular weight excluding hydrogens is 596 g/mol. The zero-order valence-electron chi connectivity index (χ0n) is 26.8. The summed E-state index contributed by atoms with van der Waals surface area (Å²) in [6.07, 6.45) is 5.91. The first kappa shape index (κ1) is 33.0. The number of aliphatic hydroxyl groups is 5. The molecule has 0 radical (unpaired) electrons. The number of aliphatic hydroxyl groups excluding tert-OH is 5. The van der Waals surface area contributed by atoms with E-state index >= 15 is 0 Å². The second kappa shape index (κ2) is 13.1. The number of ether oxygens (including phenoxy) is 4. The number of carbonyl (C=O) groups is 1. The SMILES string of the molecule is CC(=O)O[C@H]1[C@@H](O)[C@H](CO)O[C@H](O[C@@H](C=NC23CC4CC(CC(C4)C2)C3)[C@@H](CO)O[C@H](O)C=NC23CC4CC(CC(C4)C2)C3)[C@@H]1O. The summed E-state index contributed by atoms with van der Waals surface area (Å²) in [5.74, 6) is 3.32. The molecular formula is C34H52N2O10. The van der Waals surface area contributed by atoms with Crippen LogP contribution in [0, 0.1) is 35.5 Å². The van der Waals surface area contributed by atoms with Crippen molar-refractivity contribution in [2.24, 2.45) is 45.5 Å². The average Bonchev–Trinajstić information content (AvgIpc) is 2.99. The highest BCUT2D eigenvalue weighted by atomic mass is 16.7. The van der Waals surface area contributed by atoms with Gasteiger partial charge in [-0.15, -0.1) is 0 Å². The lowest BCUT2D eigenvalue weighted by Gasteiger charge is -2.55. The van der Waals surface area contributed by atoms with Crippen LogP contribution in [0.15, 0.2) is 9.98 Å². The van der Waals surface area contributed by atoms with E-state index in [2.05, 4.69) is 0 Å². The molecule has 9 fully saturated rings. The Morgan fingerprint density at radius 1 is 0.826 bits per heavy atom. The number of hydrogen-bond acceptors (Lipinski definition) is 12. The van der Waals surface area contributed by atoms with Crippen LogP contribution in [-0.2, 0) is 23.7 Å². The smallest absolute Gasteiger partial charge is 0.303 e. The fraction of sp³-hybridized carbons (Fsp3) is 0.912. The summed E-state index contributed by atoms with van der Waals surface area (Å²) in [7, 11) is 0. The predicted octanol–water partition coefficient (Wildman–Crippen LogP) is 1.52. The third kappa shape index (κ3) is 6.70. The van der Waals surface area contributed by atoms with E-state index in [0.29, 0.717) is 35.5 Å². The average molecular weight is 649 g/mol. The molecule has 8 bridgehead atoms. The van der Waals surface area contributed by atoms with Crippen molar-refractivity contribution in [3.63, 3.8) is 0 Å². The van der Waals surface area contributed by atoms with Gasteiger partial charge >= 0.3 is 5.97 Å². The third-order valence-electron chi connectivity index (χ3n) is 12.3. The van der Waals surface area contributed by atoms with Crippen LogP contribution in [0.1, 0.15) is 84.0 Å². The van der Waals surface area contributed by atoms with Gasteiger partial charge in [0.25, 0.3) is 0 Å². The van der Waals surface area contributed by atoms with Crippen molar-refractivity contribution in [2.45, 2.75) is 144 Å². The van der Waals surface area contributed by atoms with Gasteiger partial charge in [0.15, 0.2) is 18.7 Å². The minimum absolute atomic E-state index is 0.157. The minimum Gasteiger partial charge on any atom is -0.457 e. The van der Waals surface area contributed by atoms with Crippen molar-refractivity contribution in [3.05, 3.63) is 0 Å². The van der Waals surface area contributed by atoms with Crippen LogP contribution in [0.3, 0.4) is 0 Å². The van der Waals surface area contributed by atoms with Crippen molar-refractivity contribution < 1.29 is 49.3 Å². The summed E-state index contributed by atoms with van der Waals surface area (Å²) in [4.78, 5) is 21.8. The molecule has 1 heterocycles. The lowest BCUT2D eigenvalue weighted by atomic mass is 9.53. The molecule has 12 heteroatoms. The highest BCUT2D eigenvalue weighted by Gasteiger charge is 2.53. The van der Waals surface area contributed by atoms with Crippen LogP contribution < -0.4 is 0 Å². The second-order valence-corrected chi connectivity index (χ2v) is 16.0. The van der Waals surface area contributed by atoms with Gasteiger partial charge in [0.05, 0.1) is 30.5 Å². The maximum Gasteiger partial charge on any atom is 0.303 e. The van der Waals surface area contributed by atoms with Gasteiger partial charge in [-0.3, -0.25) is 14.8 Å². The molecule has 8 aliphatic carbocycles. The first-order valence-electron chi connectivity index (χ1n) is 17.5. The van der Waals surface area contributed by atoms with E-state index in [0.717, 1.165) is 45.4 Å². The molecule has 0 spiro atoms. The van der Waals surface area contributed by atoms with Gasteiger partial charge in [-0.25, -0.2) is 0 Å². The van der Waals surface area contributed by atoms with Gasteiger partial charge in [0.1, 0.15) is 30.5 Å². The maximum atomic E-state index is 11.8. The highest BCUT2D eigenvalue weighted by molar-refractivity contribution is 5.66. The van der Waals surface area contributed by atoms with E-state index in [1.165, 1.54) is 44.7 Å². The van der Waals surface area contributed by atoms with Gasteiger partial charge in [0.2, 0.25) is 0 Å². The molecule has 1 aliphatic heterocycles. The van der Waals surface area contributed by atoms with Gasteiger partial charge in [0, 0.05) is 13.1 Å². The molecule has 0 unspecified atom stereocenters. The molecule has 9 aliphatic rings. The van der Waals surface area contributed by atoms with Crippen LogP contribution in [0.4, 0.5) is 0 Å². The standard InChI is InChI=1S/C34H52N2O10/c1-18(39)43-31-29(41)27(17-38)46-32(30(31)42)45-25(14-35-33-8-19-2-20(9-33)4-21(3-19)10-33)26(16-37)44-28(40)15-36-34-11-22-5-23(12-34)7-24(6-22)13-34/h14-15,19-32,37-38,40-42H,2-13,16-17H2,1H3/t19?,20?,21?,22?,23?,24?,25-,26+,27-,28-,29-,30+,31-,32-,33?,34?/m0/s1. The summed E-state index contributed by atoms with van der Waals surface area (Å²) in [6, 6.07) is 0. The van der Waals surface area contributed by atoms with Crippen LogP contribution in [0.2, 0.25) is 0 Å². The fourth-order valence-corrected chi connectivity index (χ4v) is 11.2. The Kier molecular flexibility index (Phi) is 9.38. The Hall–Kier alpha value is -1.51. The second-order valence-electron chi connectivity index (χ2n) is 16.0. The van der Waals surface area contributed by atoms with Crippen LogP contribution >= 0.6 is 0 Å². The number of carbonyl (C=O) groups excluding carboxylic acids is 1. The van der Waals surface area contributed by atoms with Crippen molar-refractivity contribution >= 4 is 18.4 Å². The molecule has 9 rings (SSSR count). The number of aliphatic imine (C=N–C) groups is 2. The summed E-state index contributed by atoms with van der Waals surface area (Å²) in [5.41, 5.74) is -0.388. The van der Waals surface area contributed by atoms with Gasteiger partial charge in [-0.1, -0.05) is 0 Å². The van der Waals surface area contributed by atoms with Gasteiger partial charge in [-0.05, 0) is 113 Å². The Labute approximate surface area is 270 Å². The van der Waals surface area contributed by atoms with Crippen LogP contribution in [0.25, 0.3) is 0 Å². The van der Waals surface area contributed by atoms with E-state index < -0.39 is 68.4 Å². The predicted molar refractivity (Wildman–Crippen MR) is 165 cm³/mol. The van der Waals surface area contributed by atoms with Crippen molar-refractivity contribution in [1.29, 1.82) is 0 Å². The molecule has 8 atom stereocenters. The first-order chi connectivity index (χ1) is 22.0. The summed E-state index contributed by atoms with van der Waals surface area (Å²) in [6.45, 7) is 0.000680. The van der Waals surface area contributed by atoms with Crippen LogP contribution in [0.5, 0.6) is 0 Å². The fourth-order valence-electron chi connectivity index (χ4n) is 11.2. The molecule has 12 nitrogen and oxygen atoms in total. The molecule has 8 saturated carbocycles. The van der Waals surface area contributed by atoms with E-state index in [-0.39, 0.29) is 11.1 Å². The zero-order valence-corrected chi connectivity index (χ0v) is 26.8. The summed E-state index contributed by atoms with van der Waals surface area (Å²) >= 11 is 0. The van der Waals surface area contributed by atoms with Gasteiger partial charge in [-0.2, -0.15) is 0 Å². The highest BCUT2D eigenvalue weighted by Crippen LogP contribution is 2.58. The zero-order chi connectivity index (χ0) is 32.2. The lowest BCUT2D eigenvalue weighted by molar-refractivity contribution is -0.315. The quantitative estimate of drug-likeness (QED) is 0.118. The van der Waals surface area contributed by atoms with E-state index in [4.69, 9.17) is 28.9 Å². The van der Waals surface area contributed by atoms with E-state index in [1.807, 2.05) is 0 Å². The van der Waals surface area contributed by atoms with E-state index in [1.54, 1.807) is 6.21 Å². The van der Waals surface area contributed by atoms with Gasteiger partial charge < -0.3 is 44.5 Å². The normalized spacial score (nSPS) is 47.9. The maximum absolute atomic E-state index is 11.8. The molecule has 258 valence electrons. The van der Waals surface area contributed by atoms with Crippen LogP contribution in [-0.4, -0.2) is 117 Å². The number of nitrogens with zero attached hydrogens (tertiary/aromatic N) is 2. The van der Waals surface area contributed by atoms with Crippen molar-refractivity contribution in [3.8, 4) is 0 Å². The molecule has 0 aromatic carbocycles. The molecule has 0 amide bonds. The Morgan fingerprint density at radius 2 is 1.30 bits per heavy atom.